The third-order valence-electron chi connectivity index (χ3n) is 3.92. The first-order valence-corrected chi connectivity index (χ1v) is 7.30. The van der Waals surface area contributed by atoms with E-state index >= 15 is 0 Å². The average molecular weight is 255 g/mol. The van der Waals surface area contributed by atoms with Gasteiger partial charge in [0.1, 0.15) is 0 Å². The minimum Gasteiger partial charge on any atom is -0.353 e. The van der Waals surface area contributed by atoms with Gasteiger partial charge in [-0.05, 0) is 45.6 Å². The fourth-order valence-electron chi connectivity index (χ4n) is 2.69. The van der Waals surface area contributed by atoms with Crippen LogP contribution in [0.5, 0.6) is 0 Å². The van der Waals surface area contributed by atoms with E-state index in [1.807, 2.05) is 0 Å². The quantitative estimate of drug-likeness (QED) is 0.753. The van der Waals surface area contributed by atoms with Gasteiger partial charge in [0.25, 0.3) is 0 Å². The monoisotopic (exact) mass is 255 g/mol. The first kappa shape index (κ1) is 15.4. The number of nitrogens with two attached hydrogens (primary N) is 1. The molecule has 0 spiro atoms. The molecule has 1 rings (SSSR count). The second-order valence-corrected chi connectivity index (χ2v) is 5.71. The maximum atomic E-state index is 12.0. The first-order valence-electron chi connectivity index (χ1n) is 7.30. The van der Waals surface area contributed by atoms with E-state index in [1.54, 1.807) is 0 Å². The van der Waals surface area contributed by atoms with E-state index in [-0.39, 0.29) is 11.9 Å². The van der Waals surface area contributed by atoms with E-state index in [0.29, 0.717) is 18.5 Å². The predicted molar refractivity (Wildman–Crippen MR) is 75.3 cm³/mol. The van der Waals surface area contributed by atoms with Crippen molar-refractivity contribution >= 4 is 5.91 Å². The molecule has 0 aromatic heterocycles. The third-order valence-corrected chi connectivity index (χ3v) is 3.92. The Balaban J connectivity index is 2.37. The lowest BCUT2D eigenvalue weighted by Crippen LogP contribution is -2.49. The Hall–Kier alpha value is -0.610. The summed E-state index contributed by atoms with van der Waals surface area (Å²) < 4.78 is 0. The van der Waals surface area contributed by atoms with Gasteiger partial charge < -0.3 is 11.1 Å². The van der Waals surface area contributed by atoms with Crippen molar-refractivity contribution in [2.24, 2.45) is 11.7 Å². The molecule has 4 heteroatoms. The SMILES string of the molecule is CCCC(C)NC(=O)CN1CC(CN)CCC1C. The van der Waals surface area contributed by atoms with Crippen LogP contribution < -0.4 is 11.1 Å². The summed E-state index contributed by atoms with van der Waals surface area (Å²) in [6.45, 7) is 8.64. The molecule has 1 aliphatic heterocycles. The maximum absolute atomic E-state index is 12.0. The van der Waals surface area contributed by atoms with Crippen LogP contribution in [0, 0.1) is 5.92 Å². The van der Waals surface area contributed by atoms with Gasteiger partial charge in [0, 0.05) is 18.6 Å². The number of piperidine rings is 1. The molecule has 0 aromatic carbocycles. The van der Waals surface area contributed by atoms with E-state index in [2.05, 4.69) is 31.0 Å². The van der Waals surface area contributed by atoms with Crippen molar-refractivity contribution in [3.05, 3.63) is 0 Å². The molecule has 1 fully saturated rings. The van der Waals surface area contributed by atoms with Crippen molar-refractivity contribution in [3.8, 4) is 0 Å². The summed E-state index contributed by atoms with van der Waals surface area (Å²) in [5.74, 6) is 0.711. The molecule has 1 aliphatic rings. The molecule has 18 heavy (non-hydrogen) atoms. The summed E-state index contributed by atoms with van der Waals surface area (Å²) in [6.07, 6.45) is 4.51. The number of rotatable bonds is 6. The maximum Gasteiger partial charge on any atom is 0.234 e. The molecule has 1 heterocycles. The summed E-state index contributed by atoms with van der Waals surface area (Å²) in [7, 11) is 0. The van der Waals surface area contributed by atoms with E-state index in [9.17, 15) is 4.79 Å². The van der Waals surface area contributed by atoms with E-state index in [0.717, 1.165) is 32.4 Å². The third kappa shape index (κ3) is 4.94. The molecule has 0 aromatic rings. The zero-order valence-electron chi connectivity index (χ0n) is 12.1. The number of nitrogens with zero attached hydrogens (tertiary/aromatic N) is 1. The van der Waals surface area contributed by atoms with Gasteiger partial charge in [-0.25, -0.2) is 0 Å². The molecule has 3 unspecified atom stereocenters. The first-order chi connectivity index (χ1) is 8.56. The van der Waals surface area contributed by atoms with Gasteiger partial charge in [-0.3, -0.25) is 9.69 Å². The van der Waals surface area contributed by atoms with Crippen LogP contribution in [0.25, 0.3) is 0 Å². The lowest BCUT2D eigenvalue weighted by atomic mass is 9.93. The van der Waals surface area contributed by atoms with Crippen LogP contribution in [0.4, 0.5) is 0 Å². The molecule has 0 bridgehead atoms. The molecule has 3 atom stereocenters. The van der Waals surface area contributed by atoms with Crippen LogP contribution in [0.2, 0.25) is 0 Å². The fourth-order valence-corrected chi connectivity index (χ4v) is 2.69. The number of likely N-dealkylation sites (tertiary alicyclic amines) is 1. The molecule has 1 amide bonds. The minimum atomic E-state index is 0.153. The summed E-state index contributed by atoms with van der Waals surface area (Å²) in [6, 6.07) is 0.785. The van der Waals surface area contributed by atoms with Gasteiger partial charge >= 0.3 is 0 Å². The topological polar surface area (TPSA) is 58.4 Å². The molecule has 0 aliphatic carbocycles. The van der Waals surface area contributed by atoms with Crippen molar-refractivity contribution in [2.75, 3.05) is 19.6 Å². The average Bonchev–Trinajstić information content (AvgIpc) is 2.32. The highest BCUT2D eigenvalue weighted by atomic mass is 16.2. The zero-order valence-corrected chi connectivity index (χ0v) is 12.1. The predicted octanol–water partition coefficient (Wildman–Crippen LogP) is 1.35. The largest absolute Gasteiger partial charge is 0.353 e. The minimum absolute atomic E-state index is 0.153. The van der Waals surface area contributed by atoms with Gasteiger partial charge in [0.05, 0.1) is 6.54 Å². The van der Waals surface area contributed by atoms with Crippen molar-refractivity contribution in [3.63, 3.8) is 0 Å². The summed E-state index contributed by atoms with van der Waals surface area (Å²) in [5, 5.41) is 3.07. The van der Waals surface area contributed by atoms with Gasteiger partial charge in [0.2, 0.25) is 5.91 Å². The van der Waals surface area contributed by atoms with Crippen molar-refractivity contribution in [1.29, 1.82) is 0 Å². The summed E-state index contributed by atoms with van der Waals surface area (Å²) in [4.78, 5) is 14.2. The highest BCUT2D eigenvalue weighted by molar-refractivity contribution is 5.78. The second kappa shape index (κ2) is 7.74. The van der Waals surface area contributed by atoms with Crippen molar-refractivity contribution in [2.45, 2.75) is 58.5 Å². The Bertz CT molecular complexity index is 257. The number of carbonyl (C=O) groups is 1. The molecular weight excluding hydrogens is 226 g/mol. The summed E-state index contributed by atoms with van der Waals surface area (Å²) >= 11 is 0. The van der Waals surface area contributed by atoms with Gasteiger partial charge in [0.15, 0.2) is 0 Å². The van der Waals surface area contributed by atoms with E-state index < -0.39 is 0 Å². The van der Waals surface area contributed by atoms with Crippen molar-refractivity contribution < 1.29 is 4.79 Å². The van der Waals surface area contributed by atoms with Crippen LogP contribution in [-0.4, -0.2) is 42.5 Å². The Morgan fingerprint density at radius 2 is 2.22 bits per heavy atom. The van der Waals surface area contributed by atoms with Crippen LogP contribution in [0.3, 0.4) is 0 Å². The number of hydrogen-bond donors (Lipinski definition) is 2. The normalized spacial score (nSPS) is 26.9. The molecule has 1 saturated heterocycles. The smallest absolute Gasteiger partial charge is 0.234 e. The fraction of sp³-hybridized carbons (Fsp3) is 0.929. The lowest BCUT2D eigenvalue weighted by Gasteiger charge is -2.37. The van der Waals surface area contributed by atoms with Crippen molar-refractivity contribution in [1.82, 2.24) is 10.2 Å². The Kier molecular flexibility index (Phi) is 6.65. The zero-order chi connectivity index (χ0) is 13.5. The lowest BCUT2D eigenvalue weighted by molar-refractivity contribution is -0.124. The highest BCUT2D eigenvalue weighted by Gasteiger charge is 2.26. The Morgan fingerprint density at radius 3 is 2.83 bits per heavy atom. The second-order valence-electron chi connectivity index (χ2n) is 5.71. The van der Waals surface area contributed by atoms with Crippen LogP contribution >= 0.6 is 0 Å². The van der Waals surface area contributed by atoms with E-state index in [1.165, 1.54) is 6.42 Å². The standard InChI is InChI=1S/C14H29N3O/c1-4-5-11(2)16-14(18)10-17-9-13(8-15)7-6-12(17)3/h11-13H,4-10,15H2,1-3H3,(H,16,18). The molecular formula is C14H29N3O. The molecule has 0 saturated carbocycles. The number of hydrogen-bond acceptors (Lipinski definition) is 3. The molecule has 106 valence electrons. The van der Waals surface area contributed by atoms with Crippen LogP contribution in [-0.2, 0) is 4.79 Å². The number of amides is 1. The molecule has 3 N–H and O–H groups in total. The number of nitrogens with one attached hydrogen (secondary N) is 1. The Morgan fingerprint density at radius 1 is 1.50 bits per heavy atom. The molecule has 4 nitrogen and oxygen atoms in total. The molecule has 0 radical (unpaired) electrons. The van der Waals surface area contributed by atoms with Gasteiger partial charge in [-0.1, -0.05) is 13.3 Å². The van der Waals surface area contributed by atoms with Gasteiger partial charge in [-0.15, -0.1) is 0 Å². The number of carbonyl (C=O) groups excluding carboxylic acids is 1. The summed E-state index contributed by atoms with van der Waals surface area (Å²) in [5.41, 5.74) is 5.73. The van der Waals surface area contributed by atoms with Crippen LogP contribution in [0.15, 0.2) is 0 Å². The van der Waals surface area contributed by atoms with Crippen LogP contribution in [0.1, 0.15) is 46.5 Å². The highest BCUT2D eigenvalue weighted by Crippen LogP contribution is 2.20. The van der Waals surface area contributed by atoms with Gasteiger partial charge in [-0.2, -0.15) is 0 Å². The van der Waals surface area contributed by atoms with E-state index in [4.69, 9.17) is 5.73 Å². The Labute approximate surface area is 111 Å².